The molecule has 1 atom stereocenters. The highest BCUT2D eigenvalue weighted by molar-refractivity contribution is 6.32. The molecule has 20 heavy (non-hydrogen) atoms. The first-order valence-corrected chi connectivity index (χ1v) is 6.63. The number of nitrogens with zero attached hydrogens (tertiary/aromatic N) is 3. The molecule has 0 radical (unpaired) electrons. The van der Waals surface area contributed by atoms with Crippen LogP contribution in [0, 0.1) is 0 Å². The van der Waals surface area contributed by atoms with Crippen LogP contribution >= 0.6 is 11.6 Å². The van der Waals surface area contributed by atoms with Gasteiger partial charge in [-0.05, 0) is 17.7 Å². The molecule has 0 aliphatic carbocycles. The molecular formula is C13H14ClN3O3. The topological polar surface area (TPSA) is 69.4 Å². The van der Waals surface area contributed by atoms with Crippen molar-refractivity contribution in [3.63, 3.8) is 0 Å². The summed E-state index contributed by atoms with van der Waals surface area (Å²) >= 11 is 6.16. The van der Waals surface area contributed by atoms with Gasteiger partial charge in [-0.25, -0.2) is 4.98 Å². The van der Waals surface area contributed by atoms with Gasteiger partial charge in [0.1, 0.15) is 25.4 Å². The summed E-state index contributed by atoms with van der Waals surface area (Å²) in [5, 5.41) is 14.7. The highest BCUT2D eigenvalue weighted by Crippen LogP contribution is 2.40. The maximum absolute atomic E-state index is 10.3. The van der Waals surface area contributed by atoms with Crippen molar-refractivity contribution in [3.05, 3.63) is 34.9 Å². The van der Waals surface area contributed by atoms with Crippen LogP contribution in [0.25, 0.3) is 0 Å². The van der Waals surface area contributed by atoms with Crippen molar-refractivity contribution >= 4 is 11.6 Å². The van der Waals surface area contributed by atoms with Crippen LogP contribution < -0.4 is 9.47 Å². The van der Waals surface area contributed by atoms with Gasteiger partial charge in [0.2, 0.25) is 0 Å². The fourth-order valence-electron chi connectivity index (χ4n) is 2.12. The molecule has 0 saturated heterocycles. The smallest absolute Gasteiger partial charge is 0.179 e. The van der Waals surface area contributed by atoms with Gasteiger partial charge in [-0.15, -0.1) is 0 Å². The third-order valence-corrected chi connectivity index (χ3v) is 3.47. The van der Waals surface area contributed by atoms with Crippen molar-refractivity contribution in [1.82, 2.24) is 14.8 Å². The van der Waals surface area contributed by atoms with E-state index in [4.69, 9.17) is 21.1 Å². The zero-order chi connectivity index (χ0) is 14.1. The van der Waals surface area contributed by atoms with Gasteiger partial charge >= 0.3 is 0 Å². The molecule has 0 amide bonds. The number of aryl methyl sites for hydroxylation is 1. The summed E-state index contributed by atoms with van der Waals surface area (Å²) in [4.78, 5) is 4.09. The number of fused-ring (bicyclic) bond motifs is 1. The number of hydrogen-bond donors (Lipinski definition) is 1. The fourth-order valence-corrected chi connectivity index (χ4v) is 2.39. The lowest BCUT2D eigenvalue weighted by Gasteiger charge is -2.21. The molecule has 0 fully saturated rings. The van der Waals surface area contributed by atoms with Gasteiger partial charge in [0.05, 0.1) is 11.1 Å². The Balaban J connectivity index is 1.86. The van der Waals surface area contributed by atoms with E-state index in [0.717, 1.165) is 0 Å². The van der Waals surface area contributed by atoms with E-state index in [1.165, 1.54) is 6.33 Å². The Kier molecular flexibility index (Phi) is 3.50. The molecule has 1 aromatic heterocycles. The van der Waals surface area contributed by atoms with Gasteiger partial charge in [-0.3, -0.25) is 4.68 Å². The Morgan fingerprint density at radius 1 is 1.40 bits per heavy atom. The molecule has 2 heterocycles. The lowest BCUT2D eigenvalue weighted by Crippen LogP contribution is -2.16. The molecular weight excluding hydrogens is 282 g/mol. The minimum atomic E-state index is -0.730. The van der Waals surface area contributed by atoms with E-state index in [1.54, 1.807) is 23.9 Å². The van der Waals surface area contributed by atoms with Crippen LogP contribution in [0.5, 0.6) is 11.5 Å². The van der Waals surface area contributed by atoms with Crippen LogP contribution in [0.3, 0.4) is 0 Å². The lowest BCUT2D eigenvalue weighted by molar-refractivity contribution is 0.163. The summed E-state index contributed by atoms with van der Waals surface area (Å²) < 4.78 is 12.6. The third-order valence-electron chi connectivity index (χ3n) is 3.19. The first kappa shape index (κ1) is 13.2. The normalized spacial score (nSPS) is 15.2. The van der Waals surface area contributed by atoms with Crippen LogP contribution in [0.4, 0.5) is 0 Å². The summed E-state index contributed by atoms with van der Waals surface area (Å²) in [6.07, 6.45) is 1.08. The van der Waals surface area contributed by atoms with Crippen molar-refractivity contribution in [1.29, 1.82) is 0 Å². The minimum Gasteiger partial charge on any atom is -0.486 e. The maximum atomic E-state index is 10.3. The summed E-state index contributed by atoms with van der Waals surface area (Å²) in [6, 6.07) is 3.44. The number of aromatic nitrogens is 3. The van der Waals surface area contributed by atoms with E-state index in [-0.39, 0.29) is 0 Å². The highest BCUT2D eigenvalue weighted by atomic mass is 35.5. The summed E-state index contributed by atoms with van der Waals surface area (Å²) in [7, 11) is 1.78. The summed E-state index contributed by atoms with van der Waals surface area (Å²) in [5.41, 5.74) is 0.669. The number of benzene rings is 1. The van der Waals surface area contributed by atoms with Gasteiger partial charge in [0.15, 0.2) is 11.5 Å². The van der Waals surface area contributed by atoms with Crippen molar-refractivity contribution < 1.29 is 14.6 Å². The Hall–Kier alpha value is -1.79. The number of rotatable bonds is 3. The zero-order valence-corrected chi connectivity index (χ0v) is 11.7. The first-order chi connectivity index (χ1) is 9.65. The van der Waals surface area contributed by atoms with E-state index in [9.17, 15) is 5.11 Å². The van der Waals surface area contributed by atoms with Crippen LogP contribution in [0.2, 0.25) is 5.02 Å². The SMILES string of the molecule is Cn1ncnc1CC(O)c1cc(Cl)c2c(c1)OCCO2. The monoisotopic (exact) mass is 295 g/mol. The van der Waals surface area contributed by atoms with Crippen LogP contribution in [0.1, 0.15) is 17.5 Å². The fraction of sp³-hybridized carbons (Fsp3) is 0.385. The molecule has 0 bridgehead atoms. The van der Waals surface area contributed by atoms with Crippen LogP contribution in [-0.4, -0.2) is 33.1 Å². The van der Waals surface area contributed by atoms with E-state index < -0.39 is 6.10 Å². The second-order valence-electron chi connectivity index (χ2n) is 4.55. The Bertz CT molecular complexity index is 629. The molecule has 1 N–H and O–H groups in total. The van der Waals surface area contributed by atoms with Gasteiger partial charge in [-0.2, -0.15) is 5.10 Å². The van der Waals surface area contributed by atoms with Crippen molar-refractivity contribution in [2.75, 3.05) is 13.2 Å². The summed E-state index contributed by atoms with van der Waals surface area (Å²) in [6.45, 7) is 0.958. The number of ether oxygens (including phenoxy) is 2. The molecule has 1 aromatic carbocycles. The molecule has 1 unspecified atom stereocenters. The van der Waals surface area contributed by atoms with Gasteiger partial charge in [0, 0.05) is 13.5 Å². The molecule has 0 saturated carbocycles. The molecule has 7 heteroatoms. The molecule has 3 rings (SSSR count). The van der Waals surface area contributed by atoms with Crippen molar-refractivity contribution in [3.8, 4) is 11.5 Å². The second-order valence-corrected chi connectivity index (χ2v) is 4.95. The average Bonchev–Trinajstić information content (AvgIpc) is 2.84. The quantitative estimate of drug-likeness (QED) is 0.929. The predicted octanol–water partition coefficient (Wildman–Crippen LogP) is 1.52. The standard InChI is InChI=1S/C13H14ClN3O3/c1-17-12(15-7-16-17)6-10(18)8-4-9(14)13-11(5-8)19-2-3-20-13/h4-5,7,10,18H,2-3,6H2,1H3. The van der Waals surface area contributed by atoms with E-state index >= 15 is 0 Å². The number of aliphatic hydroxyl groups is 1. The molecule has 2 aromatic rings. The Morgan fingerprint density at radius 2 is 2.20 bits per heavy atom. The Labute approximate surface area is 120 Å². The minimum absolute atomic E-state index is 0.354. The van der Waals surface area contributed by atoms with Crippen LogP contribution in [-0.2, 0) is 13.5 Å². The summed E-state index contributed by atoms with van der Waals surface area (Å²) in [5.74, 6) is 1.80. The van der Waals surface area contributed by atoms with E-state index in [0.29, 0.717) is 47.5 Å². The lowest BCUT2D eigenvalue weighted by atomic mass is 10.1. The molecule has 0 spiro atoms. The Morgan fingerprint density at radius 3 is 2.95 bits per heavy atom. The maximum Gasteiger partial charge on any atom is 0.179 e. The van der Waals surface area contributed by atoms with Crippen LogP contribution in [0.15, 0.2) is 18.5 Å². The predicted molar refractivity (Wildman–Crippen MR) is 72.1 cm³/mol. The van der Waals surface area contributed by atoms with Gasteiger partial charge in [-0.1, -0.05) is 11.6 Å². The number of aliphatic hydroxyl groups excluding tert-OH is 1. The largest absolute Gasteiger partial charge is 0.486 e. The van der Waals surface area contributed by atoms with Crippen molar-refractivity contribution in [2.45, 2.75) is 12.5 Å². The van der Waals surface area contributed by atoms with Gasteiger partial charge < -0.3 is 14.6 Å². The zero-order valence-electron chi connectivity index (χ0n) is 10.9. The molecule has 1 aliphatic rings. The van der Waals surface area contributed by atoms with Crippen molar-refractivity contribution in [2.24, 2.45) is 7.05 Å². The van der Waals surface area contributed by atoms with E-state index in [2.05, 4.69) is 10.1 Å². The molecule has 6 nitrogen and oxygen atoms in total. The molecule has 1 aliphatic heterocycles. The number of halogens is 1. The highest BCUT2D eigenvalue weighted by Gasteiger charge is 2.20. The molecule has 106 valence electrons. The third kappa shape index (κ3) is 2.44. The van der Waals surface area contributed by atoms with E-state index in [1.807, 2.05) is 0 Å². The second kappa shape index (κ2) is 5.30. The first-order valence-electron chi connectivity index (χ1n) is 6.25. The number of hydrogen-bond acceptors (Lipinski definition) is 5. The van der Waals surface area contributed by atoms with Gasteiger partial charge in [0.25, 0.3) is 0 Å². The average molecular weight is 296 g/mol.